The maximum absolute atomic E-state index is 12.5. The predicted octanol–water partition coefficient (Wildman–Crippen LogP) is 5.02. The fraction of sp³-hybridized carbons (Fsp3) is 0.600. The number of piperidine rings is 1. The summed E-state index contributed by atoms with van der Waals surface area (Å²) < 4.78 is 0. The topological polar surface area (TPSA) is 55.9 Å². The first-order valence-corrected chi connectivity index (χ1v) is 16.9. The number of fused-ring (bicyclic) bond motifs is 1. The Labute approximate surface area is 255 Å². The molecular formula is C35H44N4O2S. The van der Waals surface area contributed by atoms with Crippen LogP contribution in [-0.2, 0) is 34.6 Å². The summed E-state index contributed by atoms with van der Waals surface area (Å²) in [7, 11) is 0. The van der Waals surface area contributed by atoms with Gasteiger partial charge in [0.05, 0.1) is 11.4 Å². The monoisotopic (exact) mass is 584 g/mol. The van der Waals surface area contributed by atoms with Crippen molar-refractivity contribution in [3.63, 3.8) is 0 Å². The molecule has 9 rings (SSSR count). The second-order valence-corrected chi connectivity index (χ2v) is 15.0. The maximum Gasteiger partial charge on any atom is 0.243 e. The summed E-state index contributed by atoms with van der Waals surface area (Å²) in [4.78, 5) is 31.4. The average molecular weight is 585 g/mol. The van der Waals surface area contributed by atoms with Crippen molar-refractivity contribution in [2.45, 2.75) is 87.8 Å². The van der Waals surface area contributed by atoms with Gasteiger partial charge in [-0.25, -0.2) is 0 Å². The molecule has 2 amide bonds. The van der Waals surface area contributed by atoms with Crippen LogP contribution in [0.25, 0.3) is 0 Å². The number of imide groups is 1. The van der Waals surface area contributed by atoms with Gasteiger partial charge in [-0.05, 0) is 95.9 Å². The van der Waals surface area contributed by atoms with Crippen LogP contribution in [0, 0.1) is 17.8 Å². The van der Waals surface area contributed by atoms with E-state index in [0.717, 1.165) is 57.0 Å². The highest BCUT2D eigenvalue weighted by atomic mass is 32.1. The lowest BCUT2D eigenvalue weighted by Gasteiger charge is -2.57. The third kappa shape index (κ3) is 5.04. The van der Waals surface area contributed by atoms with Gasteiger partial charge in [0.15, 0.2) is 0 Å². The fourth-order valence-corrected chi connectivity index (χ4v) is 10.4. The third-order valence-corrected chi connectivity index (χ3v) is 12.2. The van der Waals surface area contributed by atoms with E-state index in [1.165, 1.54) is 60.8 Å². The SMILES string of the molecule is O=C1CCC(N2Cc3cc(CN4CCN(Cc5ccc(C67CC8CC(CC(C8)C6)C7)cc5)CC4)ccc3C2S)C(=O)N1. The molecule has 6 fully saturated rings. The van der Waals surface area contributed by atoms with Crippen LogP contribution in [0.2, 0.25) is 0 Å². The van der Waals surface area contributed by atoms with Crippen LogP contribution in [0.4, 0.5) is 0 Å². The number of benzene rings is 2. The molecule has 0 radical (unpaired) electrons. The first-order valence-electron chi connectivity index (χ1n) is 16.3. The first-order chi connectivity index (χ1) is 20.4. The van der Waals surface area contributed by atoms with Crippen molar-refractivity contribution in [3.05, 3.63) is 70.3 Å². The molecule has 4 saturated carbocycles. The van der Waals surface area contributed by atoms with Crippen LogP contribution in [0.3, 0.4) is 0 Å². The van der Waals surface area contributed by atoms with Gasteiger partial charge in [0.1, 0.15) is 0 Å². The Morgan fingerprint density at radius 2 is 1.40 bits per heavy atom. The summed E-state index contributed by atoms with van der Waals surface area (Å²) in [5.41, 5.74) is 7.35. The van der Waals surface area contributed by atoms with Gasteiger partial charge in [0, 0.05) is 52.2 Å². The third-order valence-electron chi connectivity index (χ3n) is 11.6. The number of carbonyl (C=O) groups excluding carboxylic acids is 2. The molecule has 2 atom stereocenters. The van der Waals surface area contributed by atoms with Gasteiger partial charge in [-0.3, -0.25) is 29.6 Å². The van der Waals surface area contributed by atoms with Crippen LogP contribution in [0.15, 0.2) is 42.5 Å². The Morgan fingerprint density at radius 3 is 2.02 bits per heavy atom. The van der Waals surface area contributed by atoms with Crippen molar-refractivity contribution in [1.82, 2.24) is 20.0 Å². The highest BCUT2D eigenvalue weighted by molar-refractivity contribution is 7.80. The molecule has 1 N–H and O–H groups in total. The van der Waals surface area contributed by atoms with Gasteiger partial charge in [-0.2, -0.15) is 12.6 Å². The standard InChI is InChI=1S/C35H44N4O2S/c40-32-8-7-31(33(41)36-32)39-22-28-16-24(3-6-30(28)34(39)42)21-38-11-9-37(10-12-38)20-23-1-4-29(5-2-23)35-17-25-13-26(18-35)15-27(14-25)19-35/h1-6,16,25-27,31,34,42H,7-15,17-22H2,(H,36,40,41). The Kier molecular flexibility index (Phi) is 7.01. The van der Waals surface area contributed by atoms with Crippen molar-refractivity contribution < 1.29 is 9.59 Å². The Morgan fingerprint density at radius 1 is 0.810 bits per heavy atom. The number of hydrogen-bond donors (Lipinski definition) is 2. The summed E-state index contributed by atoms with van der Waals surface area (Å²) in [5, 5.41) is 2.39. The predicted molar refractivity (Wildman–Crippen MR) is 167 cm³/mol. The van der Waals surface area contributed by atoms with Crippen LogP contribution < -0.4 is 5.32 Å². The van der Waals surface area contributed by atoms with E-state index in [1.54, 1.807) is 5.56 Å². The summed E-state index contributed by atoms with van der Waals surface area (Å²) in [6.07, 6.45) is 9.82. The van der Waals surface area contributed by atoms with E-state index in [1.807, 2.05) is 0 Å². The van der Waals surface area contributed by atoms with E-state index >= 15 is 0 Å². The molecule has 2 unspecified atom stereocenters. The highest BCUT2D eigenvalue weighted by Crippen LogP contribution is 2.60. The molecule has 7 aliphatic rings. The van der Waals surface area contributed by atoms with Crippen molar-refractivity contribution in [2.75, 3.05) is 26.2 Å². The quantitative estimate of drug-likeness (QED) is 0.369. The lowest BCUT2D eigenvalue weighted by atomic mass is 9.48. The molecule has 2 aromatic rings. The van der Waals surface area contributed by atoms with E-state index in [-0.39, 0.29) is 23.2 Å². The molecule has 0 spiro atoms. The minimum Gasteiger partial charge on any atom is -0.297 e. The van der Waals surface area contributed by atoms with Gasteiger partial charge in [-0.1, -0.05) is 42.5 Å². The van der Waals surface area contributed by atoms with Crippen molar-refractivity contribution in [1.29, 1.82) is 0 Å². The molecule has 42 heavy (non-hydrogen) atoms. The van der Waals surface area contributed by atoms with E-state index in [2.05, 4.69) is 62.5 Å². The second kappa shape index (κ2) is 10.8. The van der Waals surface area contributed by atoms with E-state index in [0.29, 0.717) is 24.8 Å². The summed E-state index contributed by atoms with van der Waals surface area (Å²) in [5.74, 6) is 2.63. The zero-order valence-electron chi connectivity index (χ0n) is 24.6. The number of thiol groups is 1. The first kappa shape index (κ1) is 27.4. The van der Waals surface area contributed by atoms with Crippen molar-refractivity contribution in [3.8, 4) is 0 Å². The minimum atomic E-state index is -0.289. The fourth-order valence-electron chi connectivity index (χ4n) is 9.94. The average Bonchev–Trinajstić information content (AvgIpc) is 3.29. The summed E-state index contributed by atoms with van der Waals surface area (Å²) in [6, 6.07) is 16.3. The van der Waals surface area contributed by atoms with E-state index in [4.69, 9.17) is 12.6 Å². The maximum atomic E-state index is 12.5. The number of piperazine rings is 1. The van der Waals surface area contributed by atoms with E-state index < -0.39 is 0 Å². The normalized spacial score (nSPS) is 35.0. The second-order valence-electron chi connectivity index (χ2n) is 14.5. The van der Waals surface area contributed by atoms with Gasteiger partial charge in [-0.15, -0.1) is 0 Å². The zero-order valence-corrected chi connectivity index (χ0v) is 25.5. The molecular weight excluding hydrogens is 540 g/mol. The Balaban J connectivity index is 0.845. The number of nitrogens with zero attached hydrogens (tertiary/aromatic N) is 3. The molecule has 3 heterocycles. The lowest BCUT2D eigenvalue weighted by Crippen LogP contribution is -2.51. The largest absolute Gasteiger partial charge is 0.297 e. The minimum absolute atomic E-state index is 0.108. The molecule has 6 nitrogen and oxygen atoms in total. The van der Waals surface area contributed by atoms with Gasteiger partial charge in [0.2, 0.25) is 11.8 Å². The Bertz CT molecular complexity index is 1330. The highest BCUT2D eigenvalue weighted by Gasteiger charge is 2.51. The number of carbonyl (C=O) groups is 2. The number of nitrogens with one attached hydrogen (secondary N) is 1. The Hall–Kier alpha value is -2.19. The van der Waals surface area contributed by atoms with Crippen LogP contribution in [0.1, 0.15) is 84.6 Å². The molecule has 4 bridgehead atoms. The molecule has 7 heteroatoms. The number of rotatable bonds is 6. The van der Waals surface area contributed by atoms with Crippen molar-refractivity contribution >= 4 is 24.4 Å². The van der Waals surface area contributed by atoms with Gasteiger partial charge in [0.25, 0.3) is 0 Å². The molecule has 2 saturated heterocycles. The number of hydrogen-bond acceptors (Lipinski definition) is 6. The summed E-state index contributed by atoms with van der Waals surface area (Å²) in [6.45, 7) is 7.08. The molecule has 222 valence electrons. The van der Waals surface area contributed by atoms with Crippen molar-refractivity contribution in [2.24, 2.45) is 17.8 Å². The lowest BCUT2D eigenvalue weighted by molar-refractivity contribution is -0.137. The van der Waals surface area contributed by atoms with Gasteiger partial charge >= 0.3 is 0 Å². The molecule has 3 aliphatic heterocycles. The van der Waals surface area contributed by atoms with Crippen LogP contribution in [0.5, 0.6) is 0 Å². The van der Waals surface area contributed by atoms with Crippen LogP contribution in [-0.4, -0.2) is 58.7 Å². The molecule has 0 aromatic heterocycles. The summed E-state index contributed by atoms with van der Waals surface area (Å²) >= 11 is 4.85. The molecule has 4 aliphatic carbocycles. The smallest absolute Gasteiger partial charge is 0.243 e. The zero-order chi connectivity index (χ0) is 28.4. The van der Waals surface area contributed by atoms with E-state index in [9.17, 15) is 9.59 Å². The van der Waals surface area contributed by atoms with Crippen LogP contribution >= 0.6 is 12.6 Å². The number of amides is 2. The van der Waals surface area contributed by atoms with Gasteiger partial charge < -0.3 is 0 Å². The molecule has 2 aromatic carbocycles.